The standard InChI is InChI=1S/C21H21N3O2/c1-3-16-9-11-17(12-10-16)19-13-14-20(25)24(22-19)15-21(26)23(2)18-7-5-4-6-8-18/h4-14H,3,15H2,1-2H3. The number of nitrogens with zero attached hydrogens (tertiary/aromatic N) is 3. The first kappa shape index (κ1) is 17.6. The van der Waals surface area contributed by atoms with Gasteiger partial charge in [0, 0.05) is 24.4 Å². The van der Waals surface area contributed by atoms with Crippen molar-refractivity contribution in [3.8, 4) is 11.3 Å². The molecule has 1 aromatic heterocycles. The Balaban J connectivity index is 1.83. The second-order valence-electron chi connectivity index (χ2n) is 6.05. The van der Waals surface area contributed by atoms with E-state index in [9.17, 15) is 9.59 Å². The Morgan fingerprint density at radius 3 is 2.35 bits per heavy atom. The summed E-state index contributed by atoms with van der Waals surface area (Å²) in [4.78, 5) is 26.2. The SMILES string of the molecule is CCc1ccc(-c2ccc(=O)n(CC(=O)N(C)c3ccccc3)n2)cc1. The molecule has 3 rings (SSSR count). The third-order valence-electron chi connectivity index (χ3n) is 4.33. The molecule has 0 aliphatic heterocycles. The number of aromatic nitrogens is 2. The van der Waals surface area contributed by atoms with Crippen molar-refractivity contribution in [2.24, 2.45) is 0 Å². The van der Waals surface area contributed by atoms with Crippen LogP contribution in [-0.4, -0.2) is 22.7 Å². The van der Waals surface area contributed by atoms with Crippen LogP contribution < -0.4 is 10.5 Å². The maximum absolute atomic E-state index is 12.5. The van der Waals surface area contributed by atoms with E-state index >= 15 is 0 Å². The van der Waals surface area contributed by atoms with Crippen LogP contribution in [0.2, 0.25) is 0 Å². The van der Waals surface area contributed by atoms with E-state index in [0.29, 0.717) is 5.69 Å². The van der Waals surface area contributed by atoms with Gasteiger partial charge in [-0.2, -0.15) is 5.10 Å². The van der Waals surface area contributed by atoms with Gasteiger partial charge in [-0.25, -0.2) is 4.68 Å². The molecule has 0 aliphatic rings. The van der Waals surface area contributed by atoms with Gasteiger partial charge in [0.1, 0.15) is 6.54 Å². The summed E-state index contributed by atoms with van der Waals surface area (Å²) < 4.78 is 1.21. The topological polar surface area (TPSA) is 55.2 Å². The number of amides is 1. The maximum Gasteiger partial charge on any atom is 0.267 e. The number of aryl methyl sites for hydroxylation is 1. The highest BCUT2D eigenvalue weighted by molar-refractivity contribution is 5.92. The average Bonchev–Trinajstić information content (AvgIpc) is 2.69. The molecule has 0 fully saturated rings. The normalized spacial score (nSPS) is 10.5. The number of para-hydroxylation sites is 1. The zero-order valence-corrected chi connectivity index (χ0v) is 14.9. The van der Waals surface area contributed by atoms with Crippen molar-refractivity contribution in [2.75, 3.05) is 11.9 Å². The Kier molecular flexibility index (Phi) is 5.27. The van der Waals surface area contributed by atoms with Crippen molar-refractivity contribution in [3.05, 3.63) is 82.6 Å². The highest BCUT2D eigenvalue weighted by Gasteiger charge is 2.13. The molecule has 1 amide bonds. The average molecular weight is 347 g/mol. The van der Waals surface area contributed by atoms with Gasteiger partial charge in [0.2, 0.25) is 5.91 Å². The van der Waals surface area contributed by atoms with Gasteiger partial charge < -0.3 is 4.90 Å². The minimum absolute atomic E-state index is 0.106. The molecular formula is C21H21N3O2. The summed E-state index contributed by atoms with van der Waals surface area (Å²) in [5.74, 6) is -0.204. The molecular weight excluding hydrogens is 326 g/mol. The van der Waals surface area contributed by atoms with E-state index in [1.54, 1.807) is 13.1 Å². The summed E-state index contributed by atoms with van der Waals surface area (Å²) in [7, 11) is 1.69. The van der Waals surface area contributed by atoms with Crippen molar-refractivity contribution in [2.45, 2.75) is 19.9 Å². The van der Waals surface area contributed by atoms with Crippen LogP contribution in [0.4, 0.5) is 5.69 Å². The molecule has 0 saturated carbocycles. The monoisotopic (exact) mass is 347 g/mol. The highest BCUT2D eigenvalue weighted by atomic mass is 16.2. The van der Waals surface area contributed by atoms with Crippen molar-refractivity contribution in [1.82, 2.24) is 9.78 Å². The summed E-state index contributed by atoms with van der Waals surface area (Å²) in [6, 6.07) is 20.5. The van der Waals surface area contributed by atoms with E-state index in [1.807, 2.05) is 54.6 Å². The van der Waals surface area contributed by atoms with Gasteiger partial charge in [-0.05, 0) is 30.2 Å². The van der Waals surface area contributed by atoms with Crippen LogP contribution in [0, 0.1) is 0 Å². The zero-order chi connectivity index (χ0) is 18.5. The molecule has 0 N–H and O–H groups in total. The van der Waals surface area contributed by atoms with Gasteiger partial charge in [-0.3, -0.25) is 9.59 Å². The van der Waals surface area contributed by atoms with Crippen molar-refractivity contribution in [3.63, 3.8) is 0 Å². The van der Waals surface area contributed by atoms with Crippen LogP contribution in [0.3, 0.4) is 0 Å². The lowest BCUT2D eigenvalue weighted by Gasteiger charge is -2.17. The van der Waals surface area contributed by atoms with Crippen molar-refractivity contribution >= 4 is 11.6 Å². The Morgan fingerprint density at radius 2 is 1.69 bits per heavy atom. The fraction of sp³-hybridized carbons (Fsp3) is 0.190. The Hall–Kier alpha value is -3.21. The van der Waals surface area contributed by atoms with Crippen LogP contribution >= 0.6 is 0 Å². The number of carbonyl (C=O) groups is 1. The van der Waals surface area contributed by atoms with E-state index in [-0.39, 0.29) is 18.0 Å². The van der Waals surface area contributed by atoms with Gasteiger partial charge >= 0.3 is 0 Å². The quantitative estimate of drug-likeness (QED) is 0.712. The lowest BCUT2D eigenvalue weighted by atomic mass is 10.1. The van der Waals surface area contributed by atoms with Crippen LogP contribution in [0.25, 0.3) is 11.3 Å². The summed E-state index contributed by atoms with van der Waals surface area (Å²) in [5.41, 5.74) is 3.30. The minimum Gasteiger partial charge on any atom is -0.314 e. The van der Waals surface area contributed by atoms with E-state index in [1.165, 1.54) is 21.2 Å². The zero-order valence-electron chi connectivity index (χ0n) is 14.9. The molecule has 2 aromatic carbocycles. The smallest absolute Gasteiger partial charge is 0.267 e. The van der Waals surface area contributed by atoms with Gasteiger partial charge in [-0.15, -0.1) is 0 Å². The number of hydrogen-bond acceptors (Lipinski definition) is 3. The number of rotatable bonds is 5. The van der Waals surface area contributed by atoms with Gasteiger partial charge in [-0.1, -0.05) is 49.4 Å². The molecule has 0 bridgehead atoms. The summed E-state index contributed by atoms with van der Waals surface area (Å²) in [5, 5.41) is 4.37. The first-order valence-corrected chi connectivity index (χ1v) is 8.57. The molecule has 0 saturated heterocycles. The molecule has 0 spiro atoms. The minimum atomic E-state index is -0.297. The second kappa shape index (κ2) is 7.78. The number of likely N-dealkylation sites (N-methyl/N-ethyl adjacent to an activating group) is 1. The molecule has 5 heteroatoms. The Bertz CT molecular complexity index is 947. The lowest BCUT2D eigenvalue weighted by molar-refractivity contribution is -0.119. The Morgan fingerprint density at radius 1 is 1.00 bits per heavy atom. The number of benzene rings is 2. The van der Waals surface area contributed by atoms with Gasteiger partial charge in [0.15, 0.2) is 0 Å². The first-order chi connectivity index (χ1) is 12.6. The molecule has 5 nitrogen and oxygen atoms in total. The molecule has 132 valence electrons. The van der Waals surface area contributed by atoms with Crippen molar-refractivity contribution < 1.29 is 4.79 Å². The van der Waals surface area contributed by atoms with E-state index in [0.717, 1.165) is 17.7 Å². The van der Waals surface area contributed by atoms with Crippen LogP contribution in [-0.2, 0) is 17.8 Å². The fourth-order valence-electron chi connectivity index (χ4n) is 2.66. The second-order valence-corrected chi connectivity index (χ2v) is 6.05. The lowest BCUT2D eigenvalue weighted by Crippen LogP contribution is -2.34. The third kappa shape index (κ3) is 3.88. The number of hydrogen-bond donors (Lipinski definition) is 0. The number of carbonyl (C=O) groups excluding carboxylic acids is 1. The number of anilines is 1. The van der Waals surface area contributed by atoms with E-state index < -0.39 is 0 Å². The fourth-order valence-corrected chi connectivity index (χ4v) is 2.66. The van der Waals surface area contributed by atoms with E-state index in [4.69, 9.17) is 0 Å². The Labute approximate surface area is 152 Å². The maximum atomic E-state index is 12.5. The molecule has 3 aromatic rings. The molecule has 26 heavy (non-hydrogen) atoms. The summed E-state index contributed by atoms with van der Waals surface area (Å²) in [6.45, 7) is 1.99. The van der Waals surface area contributed by atoms with Crippen LogP contribution in [0.15, 0.2) is 71.5 Å². The third-order valence-corrected chi connectivity index (χ3v) is 4.33. The molecule has 0 unspecified atom stereocenters. The van der Waals surface area contributed by atoms with Crippen molar-refractivity contribution in [1.29, 1.82) is 0 Å². The predicted molar refractivity (Wildman–Crippen MR) is 103 cm³/mol. The van der Waals surface area contributed by atoms with Gasteiger partial charge in [0.25, 0.3) is 5.56 Å². The summed E-state index contributed by atoms with van der Waals surface area (Å²) >= 11 is 0. The highest BCUT2D eigenvalue weighted by Crippen LogP contribution is 2.17. The molecule has 0 aliphatic carbocycles. The molecule has 1 heterocycles. The van der Waals surface area contributed by atoms with E-state index in [2.05, 4.69) is 12.0 Å². The predicted octanol–water partition coefficient (Wildman–Crippen LogP) is 3.14. The largest absolute Gasteiger partial charge is 0.314 e. The molecule has 0 radical (unpaired) electrons. The summed E-state index contributed by atoms with van der Waals surface area (Å²) in [6.07, 6.45) is 0.966. The van der Waals surface area contributed by atoms with Crippen LogP contribution in [0.1, 0.15) is 12.5 Å². The first-order valence-electron chi connectivity index (χ1n) is 8.57. The van der Waals surface area contributed by atoms with Crippen LogP contribution in [0.5, 0.6) is 0 Å². The van der Waals surface area contributed by atoms with Gasteiger partial charge in [0.05, 0.1) is 5.69 Å². The molecule has 0 atom stereocenters.